The molecule has 0 saturated heterocycles. The summed E-state index contributed by atoms with van der Waals surface area (Å²) >= 11 is 5.89. The van der Waals surface area contributed by atoms with Gasteiger partial charge in [-0.25, -0.2) is 4.98 Å². The van der Waals surface area contributed by atoms with Gasteiger partial charge in [0.15, 0.2) is 0 Å². The van der Waals surface area contributed by atoms with E-state index in [4.69, 9.17) is 21.9 Å². The lowest BCUT2D eigenvalue weighted by molar-refractivity contribution is 0.208. The Morgan fingerprint density at radius 2 is 2.08 bits per heavy atom. The molecule has 4 rings (SSSR count). The van der Waals surface area contributed by atoms with E-state index < -0.39 is 0 Å². The Hall–Kier alpha value is -2.71. The topological polar surface area (TPSA) is 114 Å². The number of hydrogen-bond donors (Lipinski definition) is 2. The van der Waals surface area contributed by atoms with E-state index in [2.05, 4.69) is 25.0 Å². The standard InChI is InChI=1S/C16H15ClN6O2/c17-10-3-1-9(2-4-10)14-20-13(25-22-14)8-23-6-5-12-11(7-23)15(24)21-16(18)19-12/h1-4H,5-8H2,(H3,18,19,21,24). The summed E-state index contributed by atoms with van der Waals surface area (Å²) in [5, 5.41) is 4.65. The highest BCUT2D eigenvalue weighted by Crippen LogP contribution is 2.20. The summed E-state index contributed by atoms with van der Waals surface area (Å²) < 4.78 is 5.33. The molecule has 0 saturated carbocycles. The Kier molecular flexibility index (Phi) is 3.98. The zero-order valence-corrected chi connectivity index (χ0v) is 14.0. The van der Waals surface area contributed by atoms with Crippen LogP contribution < -0.4 is 11.3 Å². The Balaban J connectivity index is 1.50. The normalized spacial score (nSPS) is 14.4. The van der Waals surface area contributed by atoms with E-state index in [0.717, 1.165) is 17.8 Å². The van der Waals surface area contributed by atoms with Crippen LogP contribution in [0.3, 0.4) is 0 Å². The number of anilines is 1. The fraction of sp³-hybridized carbons (Fsp3) is 0.250. The van der Waals surface area contributed by atoms with Crippen LogP contribution in [0.4, 0.5) is 5.95 Å². The number of aromatic nitrogens is 4. The molecule has 0 bridgehead atoms. The van der Waals surface area contributed by atoms with Crippen molar-refractivity contribution in [1.82, 2.24) is 25.0 Å². The molecule has 0 aliphatic carbocycles. The van der Waals surface area contributed by atoms with Crippen LogP contribution in [0.1, 0.15) is 17.1 Å². The molecule has 3 heterocycles. The Morgan fingerprint density at radius 1 is 1.28 bits per heavy atom. The molecule has 0 radical (unpaired) electrons. The minimum absolute atomic E-state index is 0.154. The molecule has 8 nitrogen and oxygen atoms in total. The van der Waals surface area contributed by atoms with E-state index in [0.29, 0.717) is 41.8 Å². The van der Waals surface area contributed by atoms with Crippen LogP contribution in [0.2, 0.25) is 5.02 Å². The predicted octanol–water partition coefficient (Wildman–Crippen LogP) is 1.61. The number of nitrogens with zero attached hydrogens (tertiary/aromatic N) is 4. The quantitative estimate of drug-likeness (QED) is 0.731. The third-order valence-electron chi connectivity index (χ3n) is 4.10. The summed E-state index contributed by atoms with van der Waals surface area (Å²) in [7, 11) is 0. The first-order valence-electron chi connectivity index (χ1n) is 7.77. The van der Waals surface area contributed by atoms with E-state index in [9.17, 15) is 4.79 Å². The zero-order valence-electron chi connectivity index (χ0n) is 13.2. The number of rotatable bonds is 3. The summed E-state index contributed by atoms with van der Waals surface area (Å²) in [5.74, 6) is 1.16. The molecule has 0 amide bonds. The summed E-state index contributed by atoms with van der Waals surface area (Å²) in [4.78, 5) is 25.2. The summed E-state index contributed by atoms with van der Waals surface area (Å²) in [6, 6.07) is 7.23. The van der Waals surface area contributed by atoms with E-state index in [1.54, 1.807) is 12.1 Å². The van der Waals surface area contributed by atoms with Gasteiger partial charge in [-0.15, -0.1) is 0 Å². The first-order valence-corrected chi connectivity index (χ1v) is 8.15. The number of nitrogen functional groups attached to an aromatic ring is 1. The molecule has 1 aliphatic rings. The highest BCUT2D eigenvalue weighted by molar-refractivity contribution is 6.30. The van der Waals surface area contributed by atoms with Crippen molar-refractivity contribution in [3.8, 4) is 11.4 Å². The van der Waals surface area contributed by atoms with Gasteiger partial charge in [0.25, 0.3) is 5.56 Å². The predicted molar refractivity (Wildman–Crippen MR) is 91.8 cm³/mol. The molecule has 1 aromatic carbocycles. The Bertz CT molecular complexity index is 966. The van der Waals surface area contributed by atoms with Crippen LogP contribution >= 0.6 is 11.6 Å². The monoisotopic (exact) mass is 358 g/mol. The van der Waals surface area contributed by atoms with Gasteiger partial charge in [0, 0.05) is 30.1 Å². The van der Waals surface area contributed by atoms with Crippen molar-refractivity contribution in [3.05, 3.63) is 56.8 Å². The molecule has 0 spiro atoms. The number of H-pyrrole nitrogens is 1. The Labute approximate surface area is 147 Å². The van der Waals surface area contributed by atoms with Crippen molar-refractivity contribution in [1.29, 1.82) is 0 Å². The molecule has 0 fully saturated rings. The van der Waals surface area contributed by atoms with Gasteiger partial charge in [-0.2, -0.15) is 4.98 Å². The lowest BCUT2D eigenvalue weighted by atomic mass is 10.1. The van der Waals surface area contributed by atoms with Crippen LogP contribution in [0.15, 0.2) is 33.6 Å². The van der Waals surface area contributed by atoms with Gasteiger partial charge in [-0.3, -0.25) is 14.7 Å². The van der Waals surface area contributed by atoms with Crippen molar-refractivity contribution < 1.29 is 4.52 Å². The van der Waals surface area contributed by atoms with Gasteiger partial charge in [0.05, 0.1) is 17.8 Å². The van der Waals surface area contributed by atoms with Crippen molar-refractivity contribution in [2.45, 2.75) is 19.5 Å². The summed E-state index contributed by atoms with van der Waals surface area (Å²) in [6.45, 7) is 1.67. The second kappa shape index (κ2) is 6.30. The van der Waals surface area contributed by atoms with Crippen LogP contribution in [0.5, 0.6) is 0 Å². The summed E-state index contributed by atoms with van der Waals surface area (Å²) in [5.41, 5.74) is 7.62. The molecule has 0 unspecified atom stereocenters. The third-order valence-corrected chi connectivity index (χ3v) is 4.35. The molecular formula is C16H15ClN6O2. The lowest BCUT2D eigenvalue weighted by Crippen LogP contribution is -2.35. The zero-order chi connectivity index (χ0) is 17.4. The fourth-order valence-corrected chi connectivity index (χ4v) is 2.99. The SMILES string of the molecule is Nc1nc2c(c(=O)[nH]1)CN(Cc1nc(-c3ccc(Cl)cc3)no1)CC2. The van der Waals surface area contributed by atoms with Gasteiger partial charge in [-0.05, 0) is 24.3 Å². The minimum Gasteiger partial charge on any atom is -0.369 e. The molecule has 128 valence electrons. The maximum absolute atomic E-state index is 12.0. The second-order valence-electron chi connectivity index (χ2n) is 5.86. The van der Waals surface area contributed by atoms with Gasteiger partial charge in [-0.1, -0.05) is 16.8 Å². The maximum Gasteiger partial charge on any atom is 0.257 e. The molecule has 3 aromatic rings. The maximum atomic E-state index is 12.0. The second-order valence-corrected chi connectivity index (χ2v) is 6.29. The van der Waals surface area contributed by atoms with Crippen molar-refractivity contribution in [2.24, 2.45) is 0 Å². The number of halogens is 1. The number of fused-ring (bicyclic) bond motifs is 1. The fourth-order valence-electron chi connectivity index (χ4n) is 2.86. The van der Waals surface area contributed by atoms with E-state index in [-0.39, 0.29) is 11.5 Å². The third kappa shape index (κ3) is 3.26. The number of benzene rings is 1. The number of aromatic amines is 1. The average Bonchev–Trinajstić information content (AvgIpc) is 3.04. The molecule has 0 atom stereocenters. The lowest BCUT2D eigenvalue weighted by Gasteiger charge is -2.25. The smallest absolute Gasteiger partial charge is 0.257 e. The largest absolute Gasteiger partial charge is 0.369 e. The van der Waals surface area contributed by atoms with Gasteiger partial charge < -0.3 is 10.3 Å². The first-order chi connectivity index (χ1) is 12.1. The number of nitrogens with one attached hydrogen (secondary N) is 1. The Morgan fingerprint density at radius 3 is 2.88 bits per heavy atom. The van der Waals surface area contributed by atoms with Crippen LogP contribution in [-0.2, 0) is 19.5 Å². The van der Waals surface area contributed by atoms with E-state index in [1.165, 1.54) is 0 Å². The molecular weight excluding hydrogens is 344 g/mol. The highest BCUT2D eigenvalue weighted by atomic mass is 35.5. The molecule has 2 aromatic heterocycles. The van der Waals surface area contributed by atoms with Gasteiger partial charge in [0.1, 0.15) is 0 Å². The van der Waals surface area contributed by atoms with Gasteiger partial charge >= 0.3 is 0 Å². The number of hydrogen-bond acceptors (Lipinski definition) is 7. The van der Waals surface area contributed by atoms with Crippen molar-refractivity contribution in [2.75, 3.05) is 12.3 Å². The first kappa shape index (κ1) is 15.8. The highest BCUT2D eigenvalue weighted by Gasteiger charge is 2.22. The van der Waals surface area contributed by atoms with Crippen molar-refractivity contribution in [3.63, 3.8) is 0 Å². The van der Waals surface area contributed by atoms with Crippen LogP contribution in [-0.4, -0.2) is 31.6 Å². The van der Waals surface area contributed by atoms with E-state index >= 15 is 0 Å². The molecule has 3 N–H and O–H groups in total. The molecule has 1 aliphatic heterocycles. The summed E-state index contributed by atoms with van der Waals surface area (Å²) in [6.07, 6.45) is 0.654. The van der Waals surface area contributed by atoms with Crippen LogP contribution in [0, 0.1) is 0 Å². The molecule has 25 heavy (non-hydrogen) atoms. The van der Waals surface area contributed by atoms with Crippen LogP contribution in [0.25, 0.3) is 11.4 Å². The number of nitrogens with two attached hydrogens (primary N) is 1. The van der Waals surface area contributed by atoms with Gasteiger partial charge in [0.2, 0.25) is 17.7 Å². The molecule has 9 heteroatoms. The average molecular weight is 359 g/mol. The van der Waals surface area contributed by atoms with E-state index in [1.807, 2.05) is 12.1 Å². The minimum atomic E-state index is -0.195. The van der Waals surface area contributed by atoms with Crippen molar-refractivity contribution >= 4 is 17.5 Å².